The zero-order valence-corrected chi connectivity index (χ0v) is 15.6. The Balaban J connectivity index is 1.80. The lowest BCUT2D eigenvalue weighted by atomic mass is 9.85. The van der Waals surface area contributed by atoms with E-state index in [2.05, 4.69) is 41.0 Å². The second kappa shape index (κ2) is 8.43. The van der Waals surface area contributed by atoms with Crippen LogP contribution in [0.2, 0.25) is 0 Å². The minimum Gasteiger partial charge on any atom is -0.385 e. The van der Waals surface area contributed by atoms with Crippen molar-refractivity contribution in [3.63, 3.8) is 0 Å². The van der Waals surface area contributed by atoms with Crippen molar-refractivity contribution in [2.75, 3.05) is 25.2 Å². The van der Waals surface area contributed by atoms with Gasteiger partial charge in [0.2, 0.25) is 0 Å². The zero-order chi connectivity index (χ0) is 17.6. The lowest BCUT2D eigenvalue weighted by molar-refractivity contribution is 0.196. The minimum atomic E-state index is 0.541. The third-order valence-electron chi connectivity index (χ3n) is 4.80. The van der Waals surface area contributed by atoms with Gasteiger partial charge in [0.1, 0.15) is 11.6 Å². The van der Waals surface area contributed by atoms with Crippen LogP contribution in [0, 0.1) is 6.92 Å². The van der Waals surface area contributed by atoms with Crippen LogP contribution in [0.5, 0.6) is 0 Å². The first-order valence-corrected chi connectivity index (χ1v) is 9.31. The first-order chi connectivity index (χ1) is 12.2. The molecule has 2 aromatic rings. The summed E-state index contributed by atoms with van der Waals surface area (Å²) in [5.74, 6) is 2.56. The van der Waals surface area contributed by atoms with Crippen molar-refractivity contribution in [2.24, 2.45) is 0 Å². The summed E-state index contributed by atoms with van der Waals surface area (Å²) in [6.07, 6.45) is 6.73. The van der Waals surface area contributed by atoms with Gasteiger partial charge in [-0.15, -0.1) is 0 Å². The van der Waals surface area contributed by atoms with Crippen LogP contribution >= 0.6 is 0 Å². The molecule has 6 nitrogen and oxygen atoms in total. The number of aryl methyl sites for hydroxylation is 2. The summed E-state index contributed by atoms with van der Waals surface area (Å²) in [5.41, 5.74) is 2.11. The third-order valence-corrected chi connectivity index (χ3v) is 4.80. The second-order valence-corrected chi connectivity index (χ2v) is 6.78. The number of ether oxygens (including phenoxy) is 1. The molecular formula is C19H29N5O. The molecule has 0 radical (unpaired) electrons. The lowest BCUT2D eigenvalue weighted by Crippen LogP contribution is -2.27. The fraction of sp³-hybridized carbons (Fsp3) is 0.632. The van der Waals surface area contributed by atoms with E-state index >= 15 is 0 Å². The number of anilines is 1. The number of nitrogens with zero attached hydrogens (tertiary/aromatic N) is 5. The number of rotatable bonds is 9. The molecule has 0 spiro atoms. The van der Waals surface area contributed by atoms with E-state index in [1.54, 1.807) is 7.11 Å². The maximum Gasteiger partial charge on any atom is 0.134 e. The Labute approximate surface area is 150 Å². The van der Waals surface area contributed by atoms with E-state index in [1.165, 1.54) is 19.3 Å². The highest BCUT2D eigenvalue weighted by molar-refractivity contribution is 5.40. The SMILES string of the molecule is CCn1ccc(CN(CCCOC)c2cc(C)nc(C3CCC3)n2)n1. The molecule has 1 aliphatic rings. The summed E-state index contributed by atoms with van der Waals surface area (Å²) in [7, 11) is 1.75. The number of aromatic nitrogens is 4. The van der Waals surface area contributed by atoms with Gasteiger partial charge < -0.3 is 9.64 Å². The summed E-state index contributed by atoms with van der Waals surface area (Å²) in [5, 5.41) is 4.63. The summed E-state index contributed by atoms with van der Waals surface area (Å²) in [4.78, 5) is 11.9. The summed E-state index contributed by atoms with van der Waals surface area (Å²) in [6, 6.07) is 4.18. The summed E-state index contributed by atoms with van der Waals surface area (Å²) < 4.78 is 7.20. The molecule has 0 atom stereocenters. The molecule has 0 aromatic carbocycles. The van der Waals surface area contributed by atoms with Crippen molar-refractivity contribution in [2.45, 2.75) is 58.5 Å². The minimum absolute atomic E-state index is 0.541. The van der Waals surface area contributed by atoms with Crippen LogP contribution in [-0.2, 0) is 17.8 Å². The fourth-order valence-corrected chi connectivity index (χ4v) is 3.12. The van der Waals surface area contributed by atoms with Gasteiger partial charge in [-0.25, -0.2) is 9.97 Å². The van der Waals surface area contributed by atoms with Crippen LogP contribution in [0.3, 0.4) is 0 Å². The maximum atomic E-state index is 5.23. The Hall–Kier alpha value is -1.95. The molecule has 25 heavy (non-hydrogen) atoms. The van der Waals surface area contributed by atoms with Gasteiger partial charge in [0.15, 0.2) is 0 Å². The number of hydrogen-bond acceptors (Lipinski definition) is 5. The smallest absolute Gasteiger partial charge is 0.134 e. The van der Waals surface area contributed by atoms with Gasteiger partial charge in [-0.1, -0.05) is 6.42 Å². The van der Waals surface area contributed by atoms with Gasteiger partial charge in [0, 0.05) is 50.7 Å². The first-order valence-electron chi connectivity index (χ1n) is 9.31. The van der Waals surface area contributed by atoms with Crippen LogP contribution in [0.1, 0.15) is 55.7 Å². The molecule has 0 saturated heterocycles. The molecule has 6 heteroatoms. The molecule has 1 saturated carbocycles. The van der Waals surface area contributed by atoms with Crippen molar-refractivity contribution in [3.8, 4) is 0 Å². The molecule has 2 heterocycles. The van der Waals surface area contributed by atoms with E-state index in [4.69, 9.17) is 9.72 Å². The third kappa shape index (κ3) is 4.57. The monoisotopic (exact) mass is 343 g/mol. The topological polar surface area (TPSA) is 56.1 Å². The molecule has 0 amide bonds. The van der Waals surface area contributed by atoms with Gasteiger partial charge in [0.25, 0.3) is 0 Å². The van der Waals surface area contributed by atoms with Crippen molar-refractivity contribution in [1.29, 1.82) is 0 Å². The molecule has 0 bridgehead atoms. The summed E-state index contributed by atoms with van der Waals surface area (Å²) in [6.45, 7) is 7.46. The zero-order valence-electron chi connectivity index (χ0n) is 15.6. The normalized spacial score (nSPS) is 14.5. The van der Waals surface area contributed by atoms with Gasteiger partial charge in [-0.3, -0.25) is 4.68 Å². The van der Waals surface area contributed by atoms with Crippen molar-refractivity contribution >= 4 is 5.82 Å². The van der Waals surface area contributed by atoms with Gasteiger partial charge >= 0.3 is 0 Å². The predicted molar refractivity (Wildman–Crippen MR) is 98.8 cm³/mol. The van der Waals surface area contributed by atoms with Crippen molar-refractivity contribution in [3.05, 3.63) is 35.5 Å². The van der Waals surface area contributed by atoms with Gasteiger partial charge in [-0.2, -0.15) is 5.10 Å². The Kier molecular flexibility index (Phi) is 6.02. The highest BCUT2D eigenvalue weighted by Crippen LogP contribution is 2.35. The van der Waals surface area contributed by atoms with E-state index in [0.29, 0.717) is 5.92 Å². The first kappa shape index (κ1) is 17.9. The number of methoxy groups -OCH3 is 1. The Morgan fingerprint density at radius 1 is 1.32 bits per heavy atom. The molecule has 1 fully saturated rings. The van der Waals surface area contributed by atoms with Gasteiger partial charge in [0.05, 0.1) is 12.2 Å². The lowest BCUT2D eigenvalue weighted by Gasteiger charge is -2.27. The van der Waals surface area contributed by atoms with Crippen molar-refractivity contribution < 1.29 is 4.74 Å². The van der Waals surface area contributed by atoms with E-state index in [-0.39, 0.29) is 0 Å². The Bertz CT molecular complexity index is 680. The van der Waals surface area contributed by atoms with E-state index in [1.807, 2.05) is 10.9 Å². The molecule has 3 rings (SSSR count). The fourth-order valence-electron chi connectivity index (χ4n) is 3.12. The van der Waals surface area contributed by atoms with Crippen LogP contribution in [0.4, 0.5) is 5.82 Å². The molecule has 2 aromatic heterocycles. The van der Waals surface area contributed by atoms with E-state index in [9.17, 15) is 0 Å². The Morgan fingerprint density at radius 3 is 2.80 bits per heavy atom. The van der Waals surface area contributed by atoms with Crippen LogP contribution in [-0.4, -0.2) is 40.0 Å². The molecule has 0 aliphatic heterocycles. The number of hydrogen-bond donors (Lipinski definition) is 0. The highest BCUT2D eigenvalue weighted by atomic mass is 16.5. The van der Waals surface area contributed by atoms with Crippen LogP contribution in [0.15, 0.2) is 18.3 Å². The van der Waals surface area contributed by atoms with Crippen LogP contribution < -0.4 is 4.90 Å². The van der Waals surface area contributed by atoms with Crippen LogP contribution in [0.25, 0.3) is 0 Å². The molecule has 0 N–H and O–H groups in total. The van der Waals surface area contributed by atoms with E-state index in [0.717, 1.165) is 55.7 Å². The maximum absolute atomic E-state index is 5.23. The second-order valence-electron chi connectivity index (χ2n) is 6.78. The largest absolute Gasteiger partial charge is 0.385 e. The quantitative estimate of drug-likeness (QED) is 0.654. The average molecular weight is 343 g/mol. The van der Waals surface area contributed by atoms with Crippen molar-refractivity contribution in [1.82, 2.24) is 19.7 Å². The predicted octanol–water partition coefficient (Wildman–Crippen LogP) is 3.31. The summed E-state index contributed by atoms with van der Waals surface area (Å²) >= 11 is 0. The molecule has 1 aliphatic carbocycles. The van der Waals surface area contributed by atoms with E-state index < -0.39 is 0 Å². The standard InChI is InChI=1S/C19H29N5O/c1-4-24-11-9-17(22-24)14-23(10-6-12-25-3)18-13-15(2)20-19(21-18)16-7-5-8-16/h9,11,13,16H,4-8,10,12,14H2,1-3H3. The average Bonchev–Trinajstić information content (AvgIpc) is 3.00. The molecule has 0 unspecified atom stereocenters. The molecule has 136 valence electrons. The van der Waals surface area contributed by atoms with Gasteiger partial charge in [-0.05, 0) is 39.2 Å². The Morgan fingerprint density at radius 2 is 2.16 bits per heavy atom. The molecular weight excluding hydrogens is 314 g/mol. The highest BCUT2D eigenvalue weighted by Gasteiger charge is 2.24.